The van der Waals surface area contributed by atoms with Crippen molar-refractivity contribution in [1.29, 1.82) is 0 Å². The molecule has 2 unspecified atom stereocenters. The van der Waals surface area contributed by atoms with Gasteiger partial charge in [0.2, 0.25) is 5.91 Å². The van der Waals surface area contributed by atoms with Crippen molar-refractivity contribution in [3.8, 4) is 0 Å². The monoisotopic (exact) mass is 422 g/mol. The molecule has 0 radical (unpaired) electrons. The highest BCUT2D eigenvalue weighted by atomic mass is 35.5. The van der Waals surface area contributed by atoms with Crippen molar-refractivity contribution in [1.82, 2.24) is 4.90 Å². The Morgan fingerprint density at radius 3 is 2.43 bits per heavy atom. The SMILES string of the molecule is CCOC(=O)C1=C(N)N2C(=O)C(C)SC2=C(C(=O)OC)C1c1ccc(Cl)cc1. The Kier molecular flexibility index (Phi) is 5.71. The van der Waals surface area contributed by atoms with E-state index in [0.29, 0.717) is 15.6 Å². The molecule has 0 aliphatic carbocycles. The molecule has 1 aromatic rings. The van der Waals surface area contributed by atoms with E-state index < -0.39 is 23.1 Å². The lowest BCUT2D eigenvalue weighted by Crippen LogP contribution is -2.40. The summed E-state index contributed by atoms with van der Waals surface area (Å²) in [6.45, 7) is 3.49. The maximum absolute atomic E-state index is 12.8. The predicted molar refractivity (Wildman–Crippen MR) is 105 cm³/mol. The lowest BCUT2D eigenvalue weighted by Gasteiger charge is -2.33. The molecule has 0 saturated carbocycles. The first-order chi connectivity index (χ1) is 13.3. The minimum Gasteiger partial charge on any atom is -0.466 e. The van der Waals surface area contributed by atoms with Crippen molar-refractivity contribution < 1.29 is 23.9 Å². The molecule has 0 aromatic heterocycles. The zero-order chi connectivity index (χ0) is 20.6. The number of esters is 2. The van der Waals surface area contributed by atoms with Crippen LogP contribution >= 0.6 is 23.4 Å². The number of fused-ring (bicyclic) bond motifs is 1. The fraction of sp³-hybridized carbons (Fsp3) is 0.316. The normalized spacial score (nSPS) is 21.7. The van der Waals surface area contributed by atoms with Crippen LogP contribution in [0.5, 0.6) is 0 Å². The largest absolute Gasteiger partial charge is 0.466 e. The number of nitrogens with two attached hydrogens (primary N) is 1. The number of hydrogen-bond donors (Lipinski definition) is 1. The van der Waals surface area contributed by atoms with Gasteiger partial charge in [-0.05, 0) is 31.5 Å². The van der Waals surface area contributed by atoms with Gasteiger partial charge in [0.1, 0.15) is 5.82 Å². The summed E-state index contributed by atoms with van der Waals surface area (Å²) >= 11 is 7.20. The van der Waals surface area contributed by atoms with E-state index in [2.05, 4.69) is 0 Å². The zero-order valence-electron chi connectivity index (χ0n) is 15.5. The van der Waals surface area contributed by atoms with Gasteiger partial charge < -0.3 is 15.2 Å². The summed E-state index contributed by atoms with van der Waals surface area (Å²) in [6.07, 6.45) is 0. The smallest absolute Gasteiger partial charge is 0.338 e. The molecule has 0 bridgehead atoms. The fourth-order valence-electron chi connectivity index (χ4n) is 3.24. The molecule has 9 heteroatoms. The van der Waals surface area contributed by atoms with Crippen LogP contribution in [0.2, 0.25) is 5.02 Å². The summed E-state index contributed by atoms with van der Waals surface area (Å²) in [5.74, 6) is -2.54. The van der Waals surface area contributed by atoms with E-state index in [1.165, 1.54) is 23.8 Å². The van der Waals surface area contributed by atoms with E-state index in [-0.39, 0.29) is 29.5 Å². The van der Waals surface area contributed by atoms with E-state index in [4.69, 9.17) is 26.8 Å². The molecule has 2 N–H and O–H groups in total. The van der Waals surface area contributed by atoms with E-state index in [9.17, 15) is 14.4 Å². The molecule has 2 heterocycles. The van der Waals surface area contributed by atoms with Crippen molar-refractivity contribution in [3.05, 3.63) is 56.8 Å². The van der Waals surface area contributed by atoms with Crippen LogP contribution in [0.3, 0.4) is 0 Å². The Balaban J connectivity index is 2.30. The molecule has 2 atom stereocenters. The average Bonchev–Trinajstić information content (AvgIpc) is 2.96. The second-order valence-corrected chi connectivity index (χ2v) is 7.91. The van der Waals surface area contributed by atoms with Crippen molar-refractivity contribution in [2.45, 2.75) is 25.0 Å². The molecule has 2 aliphatic rings. The lowest BCUT2D eigenvalue weighted by atomic mass is 9.82. The molecule has 0 spiro atoms. The Labute approximate surface area is 171 Å². The zero-order valence-corrected chi connectivity index (χ0v) is 17.1. The molecule has 148 valence electrons. The summed E-state index contributed by atoms with van der Waals surface area (Å²) in [5, 5.41) is 0.414. The Bertz CT molecular complexity index is 909. The number of halogens is 1. The number of ether oxygens (including phenoxy) is 2. The summed E-state index contributed by atoms with van der Waals surface area (Å²) in [5.41, 5.74) is 7.07. The maximum atomic E-state index is 12.8. The number of methoxy groups -OCH3 is 1. The molecular weight excluding hydrogens is 404 g/mol. The van der Waals surface area contributed by atoms with Crippen LogP contribution in [-0.4, -0.2) is 41.7 Å². The highest BCUT2D eigenvalue weighted by molar-refractivity contribution is 8.04. The first-order valence-electron chi connectivity index (χ1n) is 8.57. The number of hydrogen-bond acceptors (Lipinski definition) is 7. The van der Waals surface area contributed by atoms with Gasteiger partial charge in [0.05, 0.1) is 41.1 Å². The van der Waals surface area contributed by atoms with Gasteiger partial charge in [0, 0.05) is 5.02 Å². The van der Waals surface area contributed by atoms with Crippen molar-refractivity contribution in [3.63, 3.8) is 0 Å². The third-order valence-electron chi connectivity index (χ3n) is 4.49. The number of amides is 1. The third-order valence-corrected chi connectivity index (χ3v) is 5.92. The van der Waals surface area contributed by atoms with Crippen LogP contribution in [0.1, 0.15) is 25.3 Å². The van der Waals surface area contributed by atoms with Gasteiger partial charge in [0.15, 0.2) is 0 Å². The van der Waals surface area contributed by atoms with Gasteiger partial charge in [-0.3, -0.25) is 9.69 Å². The van der Waals surface area contributed by atoms with Crippen molar-refractivity contribution in [2.75, 3.05) is 13.7 Å². The summed E-state index contributed by atoms with van der Waals surface area (Å²) in [4.78, 5) is 39.4. The fourth-order valence-corrected chi connectivity index (χ4v) is 4.52. The summed E-state index contributed by atoms with van der Waals surface area (Å²) in [7, 11) is 1.25. The highest BCUT2D eigenvalue weighted by Gasteiger charge is 2.48. The van der Waals surface area contributed by atoms with E-state index >= 15 is 0 Å². The van der Waals surface area contributed by atoms with Crippen LogP contribution in [0, 0.1) is 0 Å². The number of nitrogens with zero attached hydrogens (tertiary/aromatic N) is 1. The first kappa shape index (κ1) is 20.3. The van der Waals surface area contributed by atoms with E-state index in [0.717, 1.165) is 0 Å². The van der Waals surface area contributed by atoms with Crippen molar-refractivity contribution >= 4 is 41.2 Å². The second kappa shape index (κ2) is 7.89. The van der Waals surface area contributed by atoms with Gasteiger partial charge in [-0.1, -0.05) is 35.5 Å². The standard InChI is InChI=1S/C19H19ClN2O5S/c1-4-27-19(25)13-12(10-5-7-11(20)8-6-10)14(18(24)26-3)17-22(15(13)21)16(23)9(2)28-17/h5-9,12H,4,21H2,1-3H3. The molecule has 1 amide bonds. The van der Waals surface area contributed by atoms with Gasteiger partial charge in [-0.15, -0.1) is 0 Å². The van der Waals surface area contributed by atoms with Crippen LogP contribution in [0.4, 0.5) is 0 Å². The molecule has 3 rings (SSSR count). The number of benzene rings is 1. The number of thioether (sulfide) groups is 1. The summed E-state index contributed by atoms with van der Waals surface area (Å²) in [6, 6.07) is 6.70. The second-order valence-electron chi connectivity index (χ2n) is 6.15. The summed E-state index contributed by atoms with van der Waals surface area (Å²) < 4.78 is 10.2. The van der Waals surface area contributed by atoms with E-state index in [1.54, 1.807) is 38.1 Å². The Hall–Kier alpha value is -2.45. The van der Waals surface area contributed by atoms with Crippen LogP contribution in [0.15, 0.2) is 46.3 Å². The van der Waals surface area contributed by atoms with Gasteiger partial charge >= 0.3 is 11.9 Å². The molecule has 28 heavy (non-hydrogen) atoms. The molecule has 1 aromatic carbocycles. The molecule has 2 aliphatic heterocycles. The quantitative estimate of drug-likeness (QED) is 0.744. The van der Waals surface area contributed by atoms with Gasteiger partial charge in [0.25, 0.3) is 0 Å². The molecule has 1 fully saturated rings. The Morgan fingerprint density at radius 1 is 1.21 bits per heavy atom. The van der Waals surface area contributed by atoms with Gasteiger partial charge in [-0.2, -0.15) is 0 Å². The van der Waals surface area contributed by atoms with Gasteiger partial charge in [-0.25, -0.2) is 9.59 Å². The van der Waals surface area contributed by atoms with Crippen LogP contribution < -0.4 is 5.73 Å². The highest BCUT2D eigenvalue weighted by Crippen LogP contribution is 2.49. The average molecular weight is 423 g/mol. The van der Waals surface area contributed by atoms with E-state index in [1.807, 2.05) is 0 Å². The minimum atomic E-state index is -0.847. The predicted octanol–water partition coefficient (Wildman–Crippen LogP) is 2.52. The molecule has 1 saturated heterocycles. The molecular formula is C19H19ClN2O5S. The minimum absolute atomic E-state index is 0.0244. The first-order valence-corrected chi connectivity index (χ1v) is 9.82. The molecule has 7 nitrogen and oxygen atoms in total. The topological polar surface area (TPSA) is 98.9 Å². The third kappa shape index (κ3) is 3.27. The number of carbonyl (C=O) groups is 3. The van der Waals surface area contributed by atoms with Crippen LogP contribution in [-0.2, 0) is 23.9 Å². The maximum Gasteiger partial charge on any atom is 0.338 e. The lowest BCUT2D eigenvalue weighted by molar-refractivity contribution is -0.139. The number of rotatable bonds is 4. The number of carbonyl (C=O) groups excluding carboxylic acids is 3. The Morgan fingerprint density at radius 2 is 1.86 bits per heavy atom. The van der Waals surface area contributed by atoms with Crippen molar-refractivity contribution in [2.24, 2.45) is 5.73 Å². The van der Waals surface area contributed by atoms with Crippen LogP contribution in [0.25, 0.3) is 0 Å².